The van der Waals surface area contributed by atoms with Crippen molar-refractivity contribution in [3.63, 3.8) is 0 Å². The zero-order valence-corrected chi connectivity index (χ0v) is 13.1. The molecule has 25 heavy (non-hydrogen) atoms. The van der Waals surface area contributed by atoms with E-state index < -0.39 is 17.3 Å². The second kappa shape index (κ2) is 6.21. The zero-order valence-electron chi connectivity index (χ0n) is 12.3. The van der Waals surface area contributed by atoms with E-state index in [1.165, 1.54) is 24.3 Å². The molecule has 0 aliphatic carbocycles. The molecule has 0 atom stereocenters. The first-order valence-corrected chi connectivity index (χ1v) is 7.27. The van der Waals surface area contributed by atoms with Gasteiger partial charge in [-0.25, -0.2) is 0 Å². The highest BCUT2D eigenvalue weighted by atomic mass is 35.5. The maximum absolute atomic E-state index is 12.8. The molecule has 0 aliphatic rings. The van der Waals surface area contributed by atoms with Gasteiger partial charge in [0.15, 0.2) is 0 Å². The van der Waals surface area contributed by atoms with Crippen molar-refractivity contribution in [1.29, 1.82) is 0 Å². The van der Waals surface area contributed by atoms with Gasteiger partial charge in [-0.1, -0.05) is 29.8 Å². The highest BCUT2D eigenvalue weighted by molar-refractivity contribution is 6.30. The molecule has 0 saturated heterocycles. The lowest BCUT2D eigenvalue weighted by molar-refractivity contribution is -0.775. The van der Waals surface area contributed by atoms with Crippen LogP contribution in [0.5, 0.6) is 0 Å². The molecule has 0 unspecified atom stereocenters. The number of alkyl halides is 3. The minimum Gasteiger partial charge on any atom is -0.263 e. The average molecular weight is 370 g/mol. The predicted molar refractivity (Wildman–Crippen MR) is 83.1 cm³/mol. The van der Waals surface area contributed by atoms with E-state index in [0.717, 1.165) is 24.3 Å². The molecule has 0 N–H and O–H groups in total. The van der Waals surface area contributed by atoms with Gasteiger partial charge in [0.1, 0.15) is 10.6 Å². The van der Waals surface area contributed by atoms with Gasteiger partial charge in [-0.3, -0.25) is 4.79 Å². The standard InChI is InChI=1S/C16H9ClF3N2O3/c17-12-5-2-6-13(8-12)21-15(23)9-14(25-22(21)24)10-3-1-4-11(7-10)16(18,19)20/h1-9H/q+1. The van der Waals surface area contributed by atoms with Crippen LogP contribution in [-0.2, 0) is 6.18 Å². The summed E-state index contributed by atoms with van der Waals surface area (Å²) >= 11 is 5.82. The number of rotatable bonds is 2. The molecule has 1 aromatic heterocycles. The molecular formula is C16H9ClF3N2O3+. The van der Waals surface area contributed by atoms with Crippen molar-refractivity contribution < 1.29 is 22.4 Å². The van der Waals surface area contributed by atoms with Crippen molar-refractivity contribution in [3.05, 3.63) is 80.4 Å². The summed E-state index contributed by atoms with van der Waals surface area (Å²) in [7, 11) is 0. The third-order valence-corrected chi connectivity index (χ3v) is 3.57. The Morgan fingerprint density at radius 2 is 1.76 bits per heavy atom. The van der Waals surface area contributed by atoms with Gasteiger partial charge in [0.05, 0.1) is 11.6 Å². The highest BCUT2D eigenvalue weighted by Crippen LogP contribution is 2.31. The Morgan fingerprint density at radius 1 is 1.04 bits per heavy atom. The fourth-order valence-corrected chi connectivity index (χ4v) is 2.40. The lowest BCUT2D eigenvalue weighted by Crippen LogP contribution is -2.39. The molecule has 0 spiro atoms. The summed E-state index contributed by atoms with van der Waals surface area (Å²) in [5.74, 6) is -0.288. The molecule has 0 saturated carbocycles. The van der Waals surface area contributed by atoms with E-state index in [4.69, 9.17) is 16.1 Å². The fourth-order valence-electron chi connectivity index (χ4n) is 2.22. The number of hydrogen-bond acceptors (Lipinski definition) is 3. The van der Waals surface area contributed by atoms with Crippen molar-refractivity contribution in [1.82, 2.24) is 4.68 Å². The molecule has 0 aliphatic heterocycles. The van der Waals surface area contributed by atoms with E-state index in [1.807, 2.05) is 0 Å². The topological polar surface area (TPSA) is 58.1 Å². The molecule has 5 nitrogen and oxygen atoms in total. The van der Waals surface area contributed by atoms with E-state index in [-0.39, 0.29) is 21.7 Å². The molecule has 0 bridgehead atoms. The number of hydrogen-bond donors (Lipinski definition) is 0. The average Bonchev–Trinajstić information content (AvgIpc) is 2.53. The molecule has 128 valence electrons. The van der Waals surface area contributed by atoms with Crippen molar-refractivity contribution in [2.75, 3.05) is 0 Å². The maximum atomic E-state index is 12.8. The van der Waals surface area contributed by atoms with Gasteiger partial charge < -0.3 is 0 Å². The number of halogens is 4. The monoisotopic (exact) mass is 369 g/mol. The molecule has 0 fully saturated rings. The van der Waals surface area contributed by atoms with Crippen molar-refractivity contribution >= 4 is 11.6 Å². The maximum Gasteiger partial charge on any atom is 0.416 e. The molecule has 0 amide bonds. The Morgan fingerprint density at radius 3 is 2.40 bits per heavy atom. The first-order chi connectivity index (χ1) is 11.8. The van der Waals surface area contributed by atoms with Crippen molar-refractivity contribution in [2.24, 2.45) is 0 Å². The molecule has 1 heterocycles. The van der Waals surface area contributed by atoms with Crippen LogP contribution in [0.1, 0.15) is 5.56 Å². The SMILES string of the molecule is O=c1cc(-c2cccc(C(F)(F)F)c2)o[n+](=O)n1-c1cccc(Cl)c1. The summed E-state index contributed by atoms with van der Waals surface area (Å²) in [5, 5.41) is 0.298. The Balaban J connectivity index is 2.13. The Bertz CT molecular complexity index is 1030. The quantitative estimate of drug-likeness (QED) is 0.692. The molecule has 3 aromatic rings. The Labute approximate surface area is 143 Å². The van der Waals surface area contributed by atoms with E-state index in [1.54, 1.807) is 6.07 Å². The number of benzene rings is 2. The summed E-state index contributed by atoms with van der Waals surface area (Å²) in [6, 6.07) is 11.0. The van der Waals surface area contributed by atoms with Crippen LogP contribution in [0, 0.1) is 4.91 Å². The molecule has 9 heteroatoms. The lowest BCUT2D eigenvalue weighted by Gasteiger charge is -2.06. The summed E-state index contributed by atoms with van der Waals surface area (Å²) in [6.45, 7) is 0. The second-order valence-corrected chi connectivity index (χ2v) is 5.48. The summed E-state index contributed by atoms with van der Waals surface area (Å²) in [6.07, 6.45) is -4.56. The summed E-state index contributed by atoms with van der Waals surface area (Å²) in [5.41, 5.74) is -1.59. The van der Waals surface area contributed by atoms with Gasteiger partial charge in [0, 0.05) is 15.3 Å². The van der Waals surface area contributed by atoms with E-state index >= 15 is 0 Å². The van der Waals surface area contributed by atoms with Crippen LogP contribution in [0.3, 0.4) is 0 Å². The van der Waals surface area contributed by atoms with Crippen LogP contribution < -0.4 is 10.3 Å². The van der Waals surface area contributed by atoms with Crippen LogP contribution in [0.2, 0.25) is 5.02 Å². The fraction of sp³-hybridized carbons (Fsp3) is 0.0625. The minimum absolute atomic E-state index is 0.0465. The second-order valence-electron chi connectivity index (χ2n) is 5.05. The van der Waals surface area contributed by atoms with Crippen LogP contribution in [0.25, 0.3) is 17.0 Å². The Kier molecular flexibility index (Phi) is 4.22. The van der Waals surface area contributed by atoms with E-state index in [0.29, 0.717) is 9.70 Å². The first kappa shape index (κ1) is 17.0. The lowest BCUT2D eigenvalue weighted by atomic mass is 10.1. The first-order valence-electron chi connectivity index (χ1n) is 6.90. The number of nitrogens with zero attached hydrogens (tertiary/aromatic N) is 2. The van der Waals surface area contributed by atoms with E-state index in [9.17, 15) is 22.9 Å². The van der Waals surface area contributed by atoms with Gasteiger partial charge in [-0.05, 0) is 30.3 Å². The van der Waals surface area contributed by atoms with Crippen molar-refractivity contribution in [3.8, 4) is 17.0 Å². The third-order valence-electron chi connectivity index (χ3n) is 3.33. The van der Waals surface area contributed by atoms with Crippen LogP contribution in [-0.4, -0.2) is 4.68 Å². The van der Waals surface area contributed by atoms with Crippen LogP contribution in [0.4, 0.5) is 13.2 Å². The Hall–Kier alpha value is -2.87. The predicted octanol–water partition coefficient (Wildman–Crippen LogP) is 3.68. The molecule has 2 aromatic carbocycles. The summed E-state index contributed by atoms with van der Waals surface area (Å²) in [4.78, 5) is 24.3. The van der Waals surface area contributed by atoms with Crippen LogP contribution >= 0.6 is 11.6 Å². The molecule has 0 radical (unpaired) electrons. The van der Waals surface area contributed by atoms with Gasteiger partial charge in [-0.15, -0.1) is 0 Å². The van der Waals surface area contributed by atoms with Gasteiger partial charge >= 0.3 is 16.5 Å². The minimum atomic E-state index is -4.56. The third kappa shape index (κ3) is 3.48. The molecular weight excluding hydrogens is 361 g/mol. The normalized spacial score (nSPS) is 11.5. The van der Waals surface area contributed by atoms with E-state index in [2.05, 4.69) is 0 Å². The summed E-state index contributed by atoms with van der Waals surface area (Å²) < 4.78 is 43.9. The smallest absolute Gasteiger partial charge is 0.263 e. The highest BCUT2D eigenvalue weighted by Gasteiger charge is 2.31. The van der Waals surface area contributed by atoms with Gasteiger partial charge in [0.25, 0.3) is 0 Å². The van der Waals surface area contributed by atoms with Crippen molar-refractivity contribution in [2.45, 2.75) is 6.18 Å². The number of aromatic nitrogens is 2. The van der Waals surface area contributed by atoms with Gasteiger partial charge in [0.2, 0.25) is 5.76 Å². The van der Waals surface area contributed by atoms with Crippen LogP contribution in [0.15, 0.2) is 63.9 Å². The molecule has 3 rings (SSSR count). The largest absolute Gasteiger partial charge is 0.416 e. The zero-order chi connectivity index (χ0) is 18.2. The van der Waals surface area contributed by atoms with Gasteiger partial charge in [-0.2, -0.15) is 17.7 Å².